The van der Waals surface area contributed by atoms with E-state index in [9.17, 15) is 4.79 Å². The minimum Gasteiger partial charge on any atom is -0.493 e. The van der Waals surface area contributed by atoms with Crippen molar-refractivity contribution in [1.29, 1.82) is 0 Å². The lowest BCUT2D eigenvalue weighted by Crippen LogP contribution is -2.36. The first kappa shape index (κ1) is 19.4. The minimum absolute atomic E-state index is 0.0901. The van der Waals surface area contributed by atoms with Crippen molar-refractivity contribution in [3.05, 3.63) is 12.1 Å². The fraction of sp³-hybridized carbons (Fsp3) is 0.632. The first-order valence-electron chi connectivity index (χ1n) is 8.79. The van der Waals surface area contributed by atoms with Crippen molar-refractivity contribution in [1.82, 2.24) is 5.32 Å². The van der Waals surface area contributed by atoms with E-state index in [1.807, 2.05) is 0 Å². The van der Waals surface area contributed by atoms with Gasteiger partial charge < -0.3 is 24.4 Å². The quantitative estimate of drug-likeness (QED) is 0.819. The van der Waals surface area contributed by atoms with Gasteiger partial charge in [-0.2, -0.15) is 0 Å². The highest BCUT2D eigenvalue weighted by Crippen LogP contribution is 2.41. The number of amides is 1. The van der Waals surface area contributed by atoms with Crippen LogP contribution in [0.4, 0.5) is 5.69 Å². The van der Waals surface area contributed by atoms with E-state index in [0.717, 1.165) is 18.8 Å². The van der Waals surface area contributed by atoms with Gasteiger partial charge in [0.2, 0.25) is 11.7 Å². The summed E-state index contributed by atoms with van der Waals surface area (Å²) in [6.07, 6.45) is 2.90. The number of ether oxygens (including phenoxy) is 3. The van der Waals surface area contributed by atoms with Gasteiger partial charge in [-0.05, 0) is 37.8 Å². The van der Waals surface area contributed by atoms with Crippen molar-refractivity contribution in [3.8, 4) is 17.2 Å². The second-order valence-electron chi connectivity index (χ2n) is 6.62. The number of nitrogens with zero attached hydrogens (tertiary/aromatic N) is 1. The number of benzene rings is 1. The van der Waals surface area contributed by atoms with E-state index in [1.54, 1.807) is 45.4 Å². The Bertz CT molecular complexity index is 560. The summed E-state index contributed by atoms with van der Waals surface area (Å²) in [7, 11) is 6.49. The third-order valence-electron chi connectivity index (χ3n) is 5.05. The second-order valence-corrected chi connectivity index (χ2v) is 6.62. The number of piperidine rings is 1. The molecule has 0 spiro atoms. The highest BCUT2D eigenvalue weighted by atomic mass is 16.5. The second kappa shape index (κ2) is 8.94. The van der Waals surface area contributed by atoms with Crippen LogP contribution in [0.3, 0.4) is 0 Å². The standard InChI is InChI=1S/C19H30N2O4/c1-13(14-7-6-8-20-12-14)9-18(22)21(2)15-10-16(23-3)19(25-5)17(11-15)24-4/h10-11,13-14,20H,6-9,12H2,1-5H3. The molecule has 1 aromatic rings. The zero-order valence-corrected chi connectivity index (χ0v) is 15.9. The molecule has 2 atom stereocenters. The number of nitrogens with one attached hydrogen (secondary N) is 1. The van der Waals surface area contributed by atoms with E-state index in [-0.39, 0.29) is 5.91 Å². The van der Waals surface area contributed by atoms with Crippen LogP contribution in [0.15, 0.2) is 12.1 Å². The molecule has 25 heavy (non-hydrogen) atoms. The summed E-state index contributed by atoms with van der Waals surface area (Å²) in [5.74, 6) is 2.61. The number of carbonyl (C=O) groups is 1. The Kier molecular flexibility index (Phi) is 6.93. The Morgan fingerprint density at radius 1 is 1.24 bits per heavy atom. The summed E-state index contributed by atoms with van der Waals surface area (Å²) < 4.78 is 16.1. The topological polar surface area (TPSA) is 60.0 Å². The molecule has 140 valence electrons. The fourth-order valence-electron chi connectivity index (χ4n) is 3.35. The number of methoxy groups -OCH3 is 3. The van der Waals surface area contributed by atoms with Crippen LogP contribution in [-0.4, -0.2) is 47.4 Å². The monoisotopic (exact) mass is 350 g/mol. The van der Waals surface area contributed by atoms with E-state index < -0.39 is 0 Å². The zero-order chi connectivity index (χ0) is 18.4. The molecule has 6 heteroatoms. The van der Waals surface area contributed by atoms with E-state index in [1.165, 1.54) is 12.8 Å². The summed E-state index contributed by atoms with van der Waals surface area (Å²) in [5.41, 5.74) is 0.730. The van der Waals surface area contributed by atoms with Crippen LogP contribution in [0.5, 0.6) is 17.2 Å². The van der Waals surface area contributed by atoms with Gasteiger partial charge in [0.15, 0.2) is 11.5 Å². The molecule has 0 radical (unpaired) electrons. The average Bonchev–Trinajstić information content (AvgIpc) is 2.66. The van der Waals surface area contributed by atoms with Gasteiger partial charge in [-0.15, -0.1) is 0 Å². The van der Waals surface area contributed by atoms with Crippen molar-refractivity contribution >= 4 is 11.6 Å². The normalized spacial score (nSPS) is 18.4. The van der Waals surface area contributed by atoms with Gasteiger partial charge in [0.05, 0.1) is 27.0 Å². The van der Waals surface area contributed by atoms with Gasteiger partial charge in [-0.1, -0.05) is 6.92 Å². The smallest absolute Gasteiger partial charge is 0.227 e. The third kappa shape index (κ3) is 4.57. The molecule has 1 aliphatic rings. The van der Waals surface area contributed by atoms with Crippen LogP contribution in [0.1, 0.15) is 26.2 Å². The van der Waals surface area contributed by atoms with Gasteiger partial charge >= 0.3 is 0 Å². The maximum Gasteiger partial charge on any atom is 0.227 e. The molecule has 1 aliphatic heterocycles. The first-order chi connectivity index (χ1) is 12.0. The molecule has 6 nitrogen and oxygen atoms in total. The molecule has 2 unspecified atom stereocenters. The predicted octanol–water partition coefficient (Wildman–Crippen LogP) is 2.70. The first-order valence-corrected chi connectivity index (χ1v) is 8.79. The molecular formula is C19H30N2O4. The van der Waals surface area contributed by atoms with Crippen LogP contribution in [0.25, 0.3) is 0 Å². The number of rotatable bonds is 7. The number of carbonyl (C=O) groups excluding carboxylic acids is 1. The molecular weight excluding hydrogens is 320 g/mol. The summed E-state index contributed by atoms with van der Waals surface area (Å²) in [6, 6.07) is 3.60. The molecule has 1 aromatic carbocycles. The largest absolute Gasteiger partial charge is 0.493 e. The minimum atomic E-state index is 0.0901. The number of anilines is 1. The molecule has 0 bridgehead atoms. The van der Waals surface area contributed by atoms with Crippen molar-refractivity contribution in [2.24, 2.45) is 11.8 Å². The molecule has 1 saturated heterocycles. The third-order valence-corrected chi connectivity index (χ3v) is 5.05. The Balaban J connectivity index is 2.12. The molecule has 0 saturated carbocycles. The SMILES string of the molecule is COc1cc(N(C)C(=O)CC(C)C2CCCNC2)cc(OC)c1OC. The predicted molar refractivity (Wildman–Crippen MR) is 98.9 cm³/mol. The molecule has 1 N–H and O–H groups in total. The average molecular weight is 350 g/mol. The van der Waals surface area contributed by atoms with Gasteiger partial charge in [0.1, 0.15) is 0 Å². The van der Waals surface area contributed by atoms with Crippen LogP contribution >= 0.6 is 0 Å². The van der Waals surface area contributed by atoms with Crippen molar-refractivity contribution in [2.45, 2.75) is 26.2 Å². The summed E-state index contributed by atoms with van der Waals surface area (Å²) in [4.78, 5) is 14.4. The molecule has 1 heterocycles. The van der Waals surface area contributed by atoms with Crippen molar-refractivity contribution in [3.63, 3.8) is 0 Å². The van der Waals surface area contributed by atoms with Crippen molar-refractivity contribution in [2.75, 3.05) is 46.4 Å². The Morgan fingerprint density at radius 3 is 2.36 bits per heavy atom. The van der Waals surface area contributed by atoms with Gasteiger partial charge in [0, 0.05) is 25.6 Å². The van der Waals surface area contributed by atoms with Crippen LogP contribution in [0, 0.1) is 11.8 Å². The van der Waals surface area contributed by atoms with Crippen LogP contribution in [0.2, 0.25) is 0 Å². The highest BCUT2D eigenvalue weighted by molar-refractivity contribution is 5.93. The van der Waals surface area contributed by atoms with Crippen molar-refractivity contribution < 1.29 is 19.0 Å². The summed E-state index contributed by atoms with van der Waals surface area (Å²) in [5, 5.41) is 3.42. The van der Waals surface area contributed by atoms with E-state index in [0.29, 0.717) is 35.5 Å². The zero-order valence-electron chi connectivity index (χ0n) is 15.9. The summed E-state index contributed by atoms with van der Waals surface area (Å²) in [6.45, 7) is 4.25. The Labute approximate surface area is 150 Å². The lowest BCUT2D eigenvalue weighted by atomic mass is 9.85. The molecule has 0 aliphatic carbocycles. The lowest BCUT2D eigenvalue weighted by Gasteiger charge is -2.29. The van der Waals surface area contributed by atoms with E-state index in [2.05, 4.69) is 12.2 Å². The molecule has 2 rings (SSSR count). The Hall–Kier alpha value is -1.95. The van der Waals surface area contributed by atoms with E-state index >= 15 is 0 Å². The molecule has 1 fully saturated rings. The summed E-state index contributed by atoms with van der Waals surface area (Å²) >= 11 is 0. The van der Waals surface area contributed by atoms with Gasteiger partial charge in [-0.25, -0.2) is 0 Å². The maximum absolute atomic E-state index is 12.7. The van der Waals surface area contributed by atoms with Gasteiger partial charge in [0.25, 0.3) is 0 Å². The van der Waals surface area contributed by atoms with Crippen LogP contribution in [-0.2, 0) is 4.79 Å². The molecule has 1 amide bonds. The maximum atomic E-state index is 12.7. The Morgan fingerprint density at radius 2 is 1.88 bits per heavy atom. The van der Waals surface area contributed by atoms with E-state index in [4.69, 9.17) is 14.2 Å². The highest BCUT2D eigenvalue weighted by Gasteiger charge is 2.25. The number of hydrogen-bond donors (Lipinski definition) is 1. The van der Waals surface area contributed by atoms with Crippen LogP contribution < -0.4 is 24.4 Å². The molecule has 0 aromatic heterocycles. The lowest BCUT2D eigenvalue weighted by molar-refractivity contribution is -0.119. The van der Waals surface area contributed by atoms with Gasteiger partial charge in [-0.3, -0.25) is 4.79 Å². The fourth-order valence-corrected chi connectivity index (χ4v) is 3.35. The number of hydrogen-bond acceptors (Lipinski definition) is 5.